The highest BCUT2D eigenvalue weighted by atomic mass is 16.3. The van der Waals surface area contributed by atoms with Crippen LogP contribution in [0.25, 0.3) is 0 Å². The van der Waals surface area contributed by atoms with Crippen LogP contribution in [-0.4, -0.2) is 11.2 Å². The second-order valence-corrected chi connectivity index (χ2v) is 8.55. The average molecular weight is 308 g/mol. The first-order valence-electron chi connectivity index (χ1n) is 8.57. The lowest BCUT2D eigenvalue weighted by atomic mass is 9.50. The molecule has 1 heteroatoms. The molecule has 1 fully saturated rings. The van der Waals surface area contributed by atoms with Crippen LogP contribution in [0, 0.1) is 10.8 Å². The van der Waals surface area contributed by atoms with Gasteiger partial charge in [-0.1, -0.05) is 88.4 Å². The normalized spacial score (nSPS) is 22.7. The van der Waals surface area contributed by atoms with Crippen molar-refractivity contribution in [2.45, 2.75) is 52.1 Å². The van der Waals surface area contributed by atoms with Gasteiger partial charge in [0.05, 0.1) is 6.10 Å². The number of aliphatic hydroxyl groups excluding tert-OH is 1. The number of aliphatic hydroxyl groups is 1. The molecule has 2 aromatic carbocycles. The van der Waals surface area contributed by atoms with Gasteiger partial charge >= 0.3 is 0 Å². The summed E-state index contributed by atoms with van der Waals surface area (Å²) in [5.74, 6) is 0. The minimum Gasteiger partial charge on any atom is -0.392 e. The van der Waals surface area contributed by atoms with Crippen molar-refractivity contribution in [2.24, 2.45) is 10.8 Å². The van der Waals surface area contributed by atoms with E-state index < -0.39 is 0 Å². The van der Waals surface area contributed by atoms with Crippen molar-refractivity contribution < 1.29 is 5.11 Å². The highest BCUT2D eigenvalue weighted by Gasteiger charge is 2.54. The smallest absolute Gasteiger partial charge is 0.0642 e. The molecule has 1 nitrogen and oxygen atoms in total. The number of benzene rings is 2. The van der Waals surface area contributed by atoms with Gasteiger partial charge in [0, 0.05) is 5.41 Å². The highest BCUT2D eigenvalue weighted by molar-refractivity contribution is 5.41. The Kier molecular flexibility index (Phi) is 3.88. The zero-order valence-corrected chi connectivity index (χ0v) is 14.7. The van der Waals surface area contributed by atoms with Crippen molar-refractivity contribution in [1.29, 1.82) is 0 Å². The van der Waals surface area contributed by atoms with E-state index in [1.165, 1.54) is 11.1 Å². The van der Waals surface area contributed by atoms with Crippen LogP contribution in [0.4, 0.5) is 0 Å². The molecular weight excluding hydrogens is 280 g/mol. The molecule has 1 aliphatic rings. The molecule has 0 amide bonds. The van der Waals surface area contributed by atoms with Crippen LogP contribution >= 0.6 is 0 Å². The first-order chi connectivity index (χ1) is 10.8. The Morgan fingerprint density at radius 1 is 0.696 bits per heavy atom. The predicted molar refractivity (Wildman–Crippen MR) is 96.5 cm³/mol. The van der Waals surface area contributed by atoms with Crippen molar-refractivity contribution in [2.75, 3.05) is 0 Å². The van der Waals surface area contributed by atoms with Crippen molar-refractivity contribution in [3.63, 3.8) is 0 Å². The number of hydrogen-bond acceptors (Lipinski definition) is 1. The van der Waals surface area contributed by atoms with Gasteiger partial charge in [0.25, 0.3) is 0 Å². The predicted octanol–water partition coefficient (Wildman–Crippen LogP) is 5.18. The third-order valence-electron chi connectivity index (χ3n) is 5.65. The van der Waals surface area contributed by atoms with E-state index in [0.717, 1.165) is 12.8 Å². The van der Waals surface area contributed by atoms with Crippen LogP contribution < -0.4 is 0 Å². The van der Waals surface area contributed by atoms with Crippen molar-refractivity contribution in [3.8, 4) is 0 Å². The zero-order chi connectivity index (χ0) is 16.7. The molecule has 0 aliphatic heterocycles. The Morgan fingerprint density at radius 2 is 1.04 bits per heavy atom. The topological polar surface area (TPSA) is 20.2 Å². The third kappa shape index (κ3) is 2.72. The molecule has 2 aromatic rings. The summed E-state index contributed by atoms with van der Waals surface area (Å²) in [7, 11) is 0. The molecule has 1 saturated carbocycles. The molecule has 0 heterocycles. The first-order valence-corrected chi connectivity index (χ1v) is 8.57. The van der Waals surface area contributed by atoms with Crippen LogP contribution in [0.2, 0.25) is 0 Å². The van der Waals surface area contributed by atoms with E-state index in [1.54, 1.807) is 0 Å². The van der Waals surface area contributed by atoms with Crippen molar-refractivity contribution in [1.82, 2.24) is 0 Å². The molecule has 122 valence electrons. The summed E-state index contributed by atoms with van der Waals surface area (Å²) in [6.07, 6.45) is 1.62. The Hall–Kier alpha value is -1.60. The van der Waals surface area contributed by atoms with Crippen LogP contribution in [0.3, 0.4) is 0 Å². The summed E-state index contributed by atoms with van der Waals surface area (Å²) in [5.41, 5.74) is 2.41. The summed E-state index contributed by atoms with van der Waals surface area (Å²) in [5, 5.41) is 10.9. The Morgan fingerprint density at radius 3 is 1.39 bits per heavy atom. The van der Waals surface area contributed by atoms with Crippen LogP contribution in [0.1, 0.15) is 51.7 Å². The van der Waals surface area contributed by atoms with Crippen molar-refractivity contribution in [3.05, 3.63) is 71.8 Å². The second kappa shape index (κ2) is 5.49. The van der Waals surface area contributed by atoms with Crippen molar-refractivity contribution >= 4 is 0 Å². The molecule has 0 aromatic heterocycles. The second-order valence-electron chi connectivity index (χ2n) is 8.55. The lowest BCUT2D eigenvalue weighted by Gasteiger charge is -2.56. The first kappa shape index (κ1) is 16.3. The molecule has 0 unspecified atom stereocenters. The molecule has 1 N–H and O–H groups in total. The van der Waals surface area contributed by atoms with Crippen LogP contribution in [0.15, 0.2) is 60.7 Å². The molecule has 3 rings (SSSR count). The maximum atomic E-state index is 10.9. The van der Waals surface area contributed by atoms with Gasteiger partial charge in [0.15, 0.2) is 0 Å². The molecular formula is C22H28O. The van der Waals surface area contributed by atoms with Gasteiger partial charge in [-0.05, 0) is 34.8 Å². The van der Waals surface area contributed by atoms with E-state index >= 15 is 0 Å². The SMILES string of the molecule is CC1(C)CC(c2ccccc2)(c2ccccc2)CC(C)(C)C1O. The highest BCUT2D eigenvalue weighted by Crippen LogP contribution is 2.57. The van der Waals surface area contributed by atoms with Gasteiger partial charge in [0.2, 0.25) is 0 Å². The van der Waals surface area contributed by atoms with Gasteiger partial charge in [0.1, 0.15) is 0 Å². The monoisotopic (exact) mass is 308 g/mol. The molecule has 0 saturated heterocycles. The lowest BCUT2D eigenvalue weighted by Crippen LogP contribution is -2.54. The van der Waals surface area contributed by atoms with Crippen LogP contribution in [-0.2, 0) is 5.41 Å². The van der Waals surface area contributed by atoms with Gasteiger partial charge < -0.3 is 5.11 Å². The maximum absolute atomic E-state index is 10.9. The fraction of sp³-hybridized carbons (Fsp3) is 0.455. The molecule has 0 radical (unpaired) electrons. The van der Waals surface area contributed by atoms with Gasteiger partial charge in [-0.2, -0.15) is 0 Å². The summed E-state index contributed by atoms with van der Waals surface area (Å²) >= 11 is 0. The summed E-state index contributed by atoms with van der Waals surface area (Å²) < 4.78 is 0. The molecule has 0 spiro atoms. The standard InChI is InChI=1S/C22H28O/c1-20(2)15-22(16-21(3,4)19(20)23,17-11-7-5-8-12-17)18-13-9-6-10-14-18/h5-14,19,23H,15-16H2,1-4H3. The summed E-state index contributed by atoms with van der Waals surface area (Å²) in [6, 6.07) is 21.7. The van der Waals surface area contributed by atoms with E-state index in [2.05, 4.69) is 88.4 Å². The summed E-state index contributed by atoms with van der Waals surface area (Å²) in [4.78, 5) is 0. The minimum absolute atomic E-state index is 0.0469. The Bertz CT molecular complexity index is 595. The van der Waals surface area contributed by atoms with Gasteiger partial charge in [-0.3, -0.25) is 0 Å². The maximum Gasteiger partial charge on any atom is 0.0642 e. The quantitative estimate of drug-likeness (QED) is 0.810. The van der Waals surface area contributed by atoms with E-state index in [9.17, 15) is 5.11 Å². The number of hydrogen-bond donors (Lipinski definition) is 1. The fourth-order valence-corrected chi connectivity index (χ4v) is 4.96. The van der Waals surface area contributed by atoms with Gasteiger partial charge in [-0.15, -0.1) is 0 Å². The van der Waals surface area contributed by atoms with E-state index in [4.69, 9.17) is 0 Å². The molecule has 1 aliphatic carbocycles. The van der Waals surface area contributed by atoms with Crippen LogP contribution in [0.5, 0.6) is 0 Å². The lowest BCUT2D eigenvalue weighted by molar-refractivity contribution is -0.0968. The van der Waals surface area contributed by atoms with E-state index in [1.807, 2.05) is 0 Å². The number of rotatable bonds is 2. The fourth-order valence-electron chi connectivity index (χ4n) is 4.96. The largest absolute Gasteiger partial charge is 0.392 e. The van der Waals surface area contributed by atoms with E-state index in [-0.39, 0.29) is 22.3 Å². The molecule has 0 bridgehead atoms. The average Bonchev–Trinajstić information content (AvgIpc) is 2.53. The Labute approximate surface area is 140 Å². The van der Waals surface area contributed by atoms with Gasteiger partial charge in [-0.25, -0.2) is 0 Å². The third-order valence-corrected chi connectivity index (χ3v) is 5.65. The molecule has 0 atom stereocenters. The molecule has 23 heavy (non-hydrogen) atoms. The zero-order valence-electron chi connectivity index (χ0n) is 14.7. The summed E-state index contributed by atoms with van der Waals surface area (Å²) in [6.45, 7) is 8.83. The minimum atomic E-state index is -0.296. The van der Waals surface area contributed by atoms with E-state index in [0.29, 0.717) is 0 Å². The Balaban J connectivity index is 2.22.